The smallest absolute Gasteiger partial charge is 0.234 e. The van der Waals surface area contributed by atoms with E-state index in [1.54, 1.807) is 12.4 Å². The molecule has 0 unspecified atom stereocenters. The van der Waals surface area contributed by atoms with Gasteiger partial charge in [-0.3, -0.25) is 9.78 Å². The fourth-order valence-electron chi connectivity index (χ4n) is 2.22. The number of rotatable bonds is 5. The van der Waals surface area contributed by atoms with Crippen LogP contribution in [0.15, 0.2) is 12.4 Å². The van der Waals surface area contributed by atoms with Gasteiger partial charge in [0.15, 0.2) is 5.82 Å². The van der Waals surface area contributed by atoms with Crippen molar-refractivity contribution in [2.75, 3.05) is 37.7 Å². The van der Waals surface area contributed by atoms with Gasteiger partial charge in [0.1, 0.15) is 0 Å². The lowest BCUT2D eigenvalue weighted by Gasteiger charge is -2.35. The summed E-state index contributed by atoms with van der Waals surface area (Å²) in [5.41, 5.74) is 0. The summed E-state index contributed by atoms with van der Waals surface area (Å²) in [5.74, 6) is 2.06. The lowest BCUT2D eigenvalue weighted by atomic mass is 10.2. The van der Waals surface area contributed by atoms with E-state index in [1.807, 2.05) is 11.8 Å². The summed E-state index contributed by atoms with van der Waals surface area (Å²) < 4.78 is 5.61. The molecule has 2 heterocycles. The lowest BCUT2D eigenvalue weighted by molar-refractivity contribution is -0.131. The Balaban J connectivity index is 1.94. The SMILES string of the molecule is CCC(=O)N1CCN(c2cncc(OCC(C)C)n2)CC1. The topological polar surface area (TPSA) is 58.6 Å². The fraction of sp³-hybridized carbons (Fsp3) is 0.667. The summed E-state index contributed by atoms with van der Waals surface area (Å²) in [6.07, 6.45) is 3.96. The highest BCUT2D eigenvalue weighted by molar-refractivity contribution is 5.76. The van der Waals surface area contributed by atoms with Crippen molar-refractivity contribution in [2.45, 2.75) is 27.2 Å². The van der Waals surface area contributed by atoms with E-state index in [2.05, 4.69) is 28.7 Å². The van der Waals surface area contributed by atoms with Crippen LogP contribution >= 0.6 is 0 Å². The average Bonchev–Trinajstić information content (AvgIpc) is 2.52. The van der Waals surface area contributed by atoms with Gasteiger partial charge in [0, 0.05) is 32.6 Å². The molecule has 1 aliphatic rings. The first kappa shape index (κ1) is 15.5. The largest absolute Gasteiger partial charge is 0.476 e. The Hall–Kier alpha value is -1.85. The number of anilines is 1. The number of hydrogen-bond donors (Lipinski definition) is 0. The molecule has 1 aliphatic heterocycles. The molecule has 1 fully saturated rings. The van der Waals surface area contributed by atoms with Gasteiger partial charge in [-0.1, -0.05) is 20.8 Å². The first-order valence-corrected chi connectivity index (χ1v) is 7.57. The molecule has 2 rings (SSSR count). The third kappa shape index (κ3) is 4.31. The van der Waals surface area contributed by atoms with Gasteiger partial charge in [-0.15, -0.1) is 0 Å². The predicted octanol–water partition coefficient (Wildman–Crippen LogP) is 1.57. The van der Waals surface area contributed by atoms with Gasteiger partial charge in [0.25, 0.3) is 0 Å². The van der Waals surface area contributed by atoms with Crippen LogP contribution in [0, 0.1) is 5.92 Å². The van der Waals surface area contributed by atoms with Gasteiger partial charge in [0.2, 0.25) is 11.8 Å². The second-order valence-electron chi connectivity index (χ2n) is 5.64. The average molecular weight is 292 g/mol. The van der Waals surface area contributed by atoms with Crippen molar-refractivity contribution >= 4 is 11.7 Å². The Morgan fingerprint density at radius 1 is 1.29 bits per heavy atom. The van der Waals surface area contributed by atoms with Gasteiger partial charge >= 0.3 is 0 Å². The molecule has 0 N–H and O–H groups in total. The van der Waals surface area contributed by atoms with E-state index < -0.39 is 0 Å². The number of hydrogen-bond acceptors (Lipinski definition) is 5. The molecule has 0 aliphatic carbocycles. The van der Waals surface area contributed by atoms with Crippen LogP contribution < -0.4 is 9.64 Å². The summed E-state index contributed by atoms with van der Waals surface area (Å²) in [6, 6.07) is 0. The van der Waals surface area contributed by atoms with Crippen LogP contribution in [0.3, 0.4) is 0 Å². The Labute approximate surface area is 126 Å². The molecule has 1 aromatic heterocycles. The molecule has 21 heavy (non-hydrogen) atoms. The van der Waals surface area contributed by atoms with Crippen LogP contribution in [0.2, 0.25) is 0 Å². The second-order valence-corrected chi connectivity index (χ2v) is 5.64. The minimum Gasteiger partial charge on any atom is -0.476 e. The summed E-state index contributed by atoms with van der Waals surface area (Å²) in [7, 11) is 0. The van der Waals surface area contributed by atoms with E-state index in [1.165, 1.54) is 0 Å². The van der Waals surface area contributed by atoms with E-state index in [-0.39, 0.29) is 5.91 Å². The van der Waals surface area contributed by atoms with Crippen LogP contribution in [-0.4, -0.2) is 53.6 Å². The standard InChI is InChI=1S/C15H24N4O2/c1-4-15(20)19-7-5-18(6-8-19)13-9-16-10-14(17-13)21-11-12(2)3/h9-10,12H,4-8,11H2,1-3H3. The summed E-state index contributed by atoms with van der Waals surface area (Å²) >= 11 is 0. The van der Waals surface area contributed by atoms with Gasteiger partial charge in [-0.2, -0.15) is 4.98 Å². The van der Waals surface area contributed by atoms with Gasteiger partial charge < -0.3 is 14.5 Å². The molecule has 1 aromatic rings. The zero-order valence-electron chi connectivity index (χ0n) is 13.1. The van der Waals surface area contributed by atoms with Crippen molar-refractivity contribution in [3.63, 3.8) is 0 Å². The number of amides is 1. The molecule has 0 spiro atoms. The van der Waals surface area contributed by atoms with Crippen molar-refractivity contribution in [1.29, 1.82) is 0 Å². The highest BCUT2D eigenvalue weighted by Crippen LogP contribution is 2.16. The quantitative estimate of drug-likeness (QED) is 0.824. The van der Waals surface area contributed by atoms with Gasteiger partial charge in [0.05, 0.1) is 19.0 Å². The number of ether oxygens (including phenoxy) is 1. The summed E-state index contributed by atoms with van der Waals surface area (Å²) in [6.45, 7) is 9.79. The molecule has 0 bridgehead atoms. The number of piperazine rings is 1. The number of carbonyl (C=O) groups is 1. The van der Waals surface area contributed by atoms with Crippen LogP contribution in [0.5, 0.6) is 5.88 Å². The van der Waals surface area contributed by atoms with Crippen molar-refractivity contribution in [1.82, 2.24) is 14.9 Å². The molecule has 1 amide bonds. The highest BCUT2D eigenvalue weighted by Gasteiger charge is 2.21. The summed E-state index contributed by atoms with van der Waals surface area (Å²) in [5, 5.41) is 0. The van der Waals surface area contributed by atoms with Crippen LogP contribution in [0.1, 0.15) is 27.2 Å². The minimum absolute atomic E-state index is 0.217. The van der Waals surface area contributed by atoms with E-state index in [0.29, 0.717) is 24.8 Å². The molecule has 1 saturated heterocycles. The molecular formula is C15H24N4O2. The molecule has 0 saturated carbocycles. The van der Waals surface area contributed by atoms with Crippen molar-refractivity contribution < 1.29 is 9.53 Å². The highest BCUT2D eigenvalue weighted by atomic mass is 16.5. The maximum atomic E-state index is 11.7. The molecule has 0 radical (unpaired) electrons. The predicted molar refractivity (Wildman–Crippen MR) is 81.4 cm³/mol. The van der Waals surface area contributed by atoms with Crippen LogP contribution in [0.25, 0.3) is 0 Å². The van der Waals surface area contributed by atoms with Crippen LogP contribution in [-0.2, 0) is 4.79 Å². The maximum absolute atomic E-state index is 11.7. The Morgan fingerprint density at radius 3 is 2.62 bits per heavy atom. The third-order valence-electron chi connectivity index (χ3n) is 3.42. The number of aromatic nitrogens is 2. The van der Waals surface area contributed by atoms with E-state index >= 15 is 0 Å². The first-order valence-electron chi connectivity index (χ1n) is 7.57. The minimum atomic E-state index is 0.217. The molecule has 6 nitrogen and oxygen atoms in total. The lowest BCUT2D eigenvalue weighted by Crippen LogP contribution is -2.48. The van der Waals surface area contributed by atoms with E-state index in [9.17, 15) is 4.79 Å². The monoisotopic (exact) mass is 292 g/mol. The molecule has 0 aromatic carbocycles. The second kappa shape index (κ2) is 7.24. The van der Waals surface area contributed by atoms with Crippen molar-refractivity contribution in [2.24, 2.45) is 5.92 Å². The Kier molecular flexibility index (Phi) is 5.36. The van der Waals surface area contributed by atoms with E-state index in [4.69, 9.17) is 4.74 Å². The zero-order chi connectivity index (χ0) is 15.2. The first-order chi connectivity index (χ1) is 10.1. The van der Waals surface area contributed by atoms with Gasteiger partial charge in [-0.25, -0.2) is 0 Å². The Morgan fingerprint density at radius 2 is 2.00 bits per heavy atom. The molecule has 116 valence electrons. The number of carbonyl (C=O) groups excluding carboxylic acids is 1. The zero-order valence-corrected chi connectivity index (χ0v) is 13.1. The molecule has 6 heteroatoms. The Bertz CT molecular complexity index is 470. The fourth-order valence-corrected chi connectivity index (χ4v) is 2.22. The molecular weight excluding hydrogens is 268 g/mol. The van der Waals surface area contributed by atoms with Crippen molar-refractivity contribution in [3.8, 4) is 5.88 Å². The van der Waals surface area contributed by atoms with E-state index in [0.717, 1.165) is 32.0 Å². The van der Waals surface area contributed by atoms with Crippen LogP contribution in [0.4, 0.5) is 5.82 Å². The third-order valence-corrected chi connectivity index (χ3v) is 3.42. The number of nitrogens with zero attached hydrogens (tertiary/aromatic N) is 4. The normalized spacial score (nSPS) is 15.4. The summed E-state index contributed by atoms with van der Waals surface area (Å²) in [4.78, 5) is 24.4. The van der Waals surface area contributed by atoms with Crippen molar-refractivity contribution in [3.05, 3.63) is 12.4 Å². The van der Waals surface area contributed by atoms with Gasteiger partial charge in [-0.05, 0) is 5.92 Å². The maximum Gasteiger partial charge on any atom is 0.234 e. The molecule has 0 atom stereocenters.